The number of phenolic OH excluding ortho intramolecular Hbond substituents is 1. The van der Waals surface area contributed by atoms with Gasteiger partial charge in [0.25, 0.3) is 0 Å². The molecule has 0 saturated carbocycles. The summed E-state index contributed by atoms with van der Waals surface area (Å²) in [5.41, 5.74) is -0.0604. The first-order valence-electron chi connectivity index (χ1n) is 10.4. The Labute approximate surface area is 189 Å². The highest BCUT2D eigenvalue weighted by atomic mass is 16.6. The van der Waals surface area contributed by atoms with Crippen LogP contribution in [0.1, 0.15) is 51.8 Å². The number of para-hydroxylation sites is 1. The number of ether oxygens (including phenoxy) is 1. The van der Waals surface area contributed by atoms with E-state index in [9.17, 15) is 24.6 Å². The summed E-state index contributed by atoms with van der Waals surface area (Å²) < 4.78 is 5.17. The number of amides is 3. The van der Waals surface area contributed by atoms with Gasteiger partial charge in [-0.2, -0.15) is 0 Å². The highest BCUT2D eigenvalue weighted by Crippen LogP contribution is 2.32. The lowest BCUT2D eigenvalue weighted by Gasteiger charge is -2.34. The average molecular weight is 450 g/mol. The molecule has 0 heterocycles. The minimum absolute atomic E-state index is 0.0745. The van der Waals surface area contributed by atoms with Crippen LogP contribution in [0, 0.1) is 6.92 Å². The number of nitrogens with zero attached hydrogens (tertiary/aromatic N) is 1. The van der Waals surface area contributed by atoms with E-state index in [0.29, 0.717) is 5.56 Å². The topological polar surface area (TPSA) is 128 Å². The largest absolute Gasteiger partial charge is 0.507 e. The molecule has 0 saturated heterocycles. The van der Waals surface area contributed by atoms with Crippen LogP contribution in [0.15, 0.2) is 30.9 Å². The van der Waals surface area contributed by atoms with E-state index in [-0.39, 0.29) is 23.9 Å². The first kappa shape index (κ1) is 27.0. The number of phenols is 1. The van der Waals surface area contributed by atoms with E-state index in [4.69, 9.17) is 4.74 Å². The molecule has 0 aliphatic carbocycles. The van der Waals surface area contributed by atoms with E-state index in [1.54, 1.807) is 59.7 Å². The normalized spacial score (nSPS) is 13.1. The molecule has 0 spiro atoms. The molecule has 1 aromatic carbocycles. The number of aryl methyl sites for hydroxylation is 1. The Balaban J connectivity index is 3.41. The summed E-state index contributed by atoms with van der Waals surface area (Å²) in [6.07, 6.45) is 0.535. The van der Waals surface area contributed by atoms with Crippen LogP contribution >= 0.6 is 0 Å². The predicted octanol–water partition coefficient (Wildman–Crippen LogP) is 2.17. The van der Waals surface area contributed by atoms with Gasteiger partial charge in [0.1, 0.15) is 23.4 Å². The number of aromatic hydroxyl groups is 1. The summed E-state index contributed by atoms with van der Waals surface area (Å²) in [4.78, 5) is 39.8. The first-order chi connectivity index (χ1) is 14.8. The highest BCUT2D eigenvalue weighted by molar-refractivity contribution is 5.92. The van der Waals surface area contributed by atoms with E-state index in [1.165, 1.54) is 6.08 Å². The van der Waals surface area contributed by atoms with Gasteiger partial charge in [0.05, 0.1) is 6.61 Å². The van der Waals surface area contributed by atoms with Crippen LogP contribution in [0.2, 0.25) is 0 Å². The van der Waals surface area contributed by atoms with Crippen molar-refractivity contribution in [1.29, 1.82) is 0 Å². The van der Waals surface area contributed by atoms with Gasteiger partial charge < -0.3 is 30.5 Å². The molecule has 1 aromatic rings. The molecule has 32 heavy (non-hydrogen) atoms. The number of carbonyl (C=O) groups is 3. The summed E-state index contributed by atoms with van der Waals surface area (Å²) >= 11 is 0. The molecule has 178 valence electrons. The number of rotatable bonds is 9. The van der Waals surface area contributed by atoms with Crippen molar-refractivity contribution in [3.05, 3.63) is 42.0 Å². The molecule has 0 aromatic heterocycles. The summed E-state index contributed by atoms with van der Waals surface area (Å²) in [5, 5.41) is 25.5. The van der Waals surface area contributed by atoms with E-state index in [2.05, 4.69) is 17.2 Å². The maximum Gasteiger partial charge on any atom is 0.408 e. The van der Waals surface area contributed by atoms with E-state index < -0.39 is 42.2 Å². The van der Waals surface area contributed by atoms with Crippen LogP contribution in [-0.4, -0.2) is 63.9 Å². The fourth-order valence-corrected chi connectivity index (χ4v) is 3.01. The highest BCUT2D eigenvalue weighted by Gasteiger charge is 2.37. The van der Waals surface area contributed by atoms with Gasteiger partial charge in [0.2, 0.25) is 11.8 Å². The number of aliphatic hydroxyl groups is 1. The van der Waals surface area contributed by atoms with Gasteiger partial charge in [0, 0.05) is 18.2 Å². The molecule has 2 unspecified atom stereocenters. The van der Waals surface area contributed by atoms with Crippen molar-refractivity contribution in [3.63, 3.8) is 0 Å². The van der Waals surface area contributed by atoms with Crippen LogP contribution in [0.5, 0.6) is 5.75 Å². The average Bonchev–Trinajstić information content (AvgIpc) is 2.66. The third kappa shape index (κ3) is 7.56. The summed E-state index contributed by atoms with van der Waals surface area (Å²) in [6.45, 7) is 13.1. The minimum Gasteiger partial charge on any atom is -0.507 e. The Morgan fingerprint density at radius 2 is 1.84 bits per heavy atom. The molecule has 3 amide bonds. The zero-order chi connectivity index (χ0) is 24.6. The molecule has 0 fully saturated rings. The summed E-state index contributed by atoms with van der Waals surface area (Å²) in [7, 11) is 0. The molecule has 1 rings (SSSR count). The van der Waals surface area contributed by atoms with Crippen LogP contribution in [-0.2, 0) is 14.3 Å². The van der Waals surface area contributed by atoms with Gasteiger partial charge in [-0.1, -0.05) is 24.3 Å². The Hall–Kier alpha value is -3.07. The zero-order valence-corrected chi connectivity index (χ0v) is 19.6. The Bertz CT molecular complexity index is 832. The van der Waals surface area contributed by atoms with Gasteiger partial charge >= 0.3 is 6.09 Å². The summed E-state index contributed by atoms with van der Waals surface area (Å²) in [5.74, 6) is -1.38. The number of benzene rings is 1. The van der Waals surface area contributed by atoms with Gasteiger partial charge in [-0.05, 0) is 47.1 Å². The van der Waals surface area contributed by atoms with Crippen LogP contribution in [0.25, 0.3) is 0 Å². The molecule has 4 N–H and O–H groups in total. The fraction of sp³-hybridized carbons (Fsp3) is 0.522. The smallest absolute Gasteiger partial charge is 0.408 e. The van der Waals surface area contributed by atoms with Crippen molar-refractivity contribution in [2.45, 2.75) is 65.3 Å². The second kappa shape index (κ2) is 11.5. The van der Waals surface area contributed by atoms with Crippen LogP contribution in [0.4, 0.5) is 4.79 Å². The van der Waals surface area contributed by atoms with Crippen molar-refractivity contribution in [2.75, 3.05) is 13.2 Å². The van der Waals surface area contributed by atoms with Gasteiger partial charge in [-0.25, -0.2) is 4.79 Å². The third-order valence-electron chi connectivity index (χ3n) is 4.34. The van der Waals surface area contributed by atoms with Gasteiger partial charge in [0.15, 0.2) is 0 Å². The number of carbonyl (C=O) groups excluding carboxylic acids is 3. The molecule has 0 aliphatic rings. The molecular formula is C23H35N3O6. The monoisotopic (exact) mass is 449 g/mol. The van der Waals surface area contributed by atoms with E-state index in [0.717, 1.165) is 4.90 Å². The Morgan fingerprint density at radius 1 is 1.22 bits per heavy atom. The Kier molecular flexibility index (Phi) is 9.71. The second-order valence-corrected chi connectivity index (χ2v) is 8.74. The molecule has 2 atom stereocenters. The number of hydrogen-bond acceptors (Lipinski definition) is 6. The minimum atomic E-state index is -1.37. The fourth-order valence-electron chi connectivity index (χ4n) is 3.01. The molecule has 9 heteroatoms. The standard InChI is InChI=1S/C23H35N3O6/c1-8-12-26(21(30)17(13-27)25-22(31)32-23(5,6)7)18(20(29)24-14(2)3)16-11-9-10-15(4)19(16)28/h8-11,14,17-18,27-28H,1,12-13H2,2-7H3,(H,24,29)(H,25,31). The molecule has 9 nitrogen and oxygen atoms in total. The maximum atomic E-state index is 13.4. The van der Waals surface area contributed by atoms with E-state index >= 15 is 0 Å². The second-order valence-electron chi connectivity index (χ2n) is 8.74. The number of alkyl carbamates (subject to hydrolysis) is 1. The van der Waals surface area contributed by atoms with Crippen molar-refractivity contribution in [3.8, 4) is 5.75 Å². The van der Waals surface area contributed by atoms with E-state index in [1.807, 2.05) is 0 Å². The molecular weight excluding hydrogens is 414 g/mol. The van der Waals surface area contributed by atoms with Crippen LogP contribution < -0.4 is 10.6 Å². The van der Waals surface area contributed by atoms with Crippen molar-refractivity contribution in [2.24, 2.45) is 0 Å². The lowest BCUT2D eigenvalue weighted by Crippen LogP contribution is -2.54. The lowest BCUT2D eigenvalue weighted by atomic mass is 9.99. The number of aliphatic hydroxyl groups excluding tert-OH is 1. The zero-order valence-electron chi connectivity index (χ0n) is 19.6. The quantitative estimate of drug-likeness (QED) is 0.428. The Morgan fingerprint density at radius 3 is 2.34 bits per heavy atom. The first-order valence-corrected chi connectivity index (χ1v) is 10.4. The van der Waals surface area contributed by atoms with Crippen LogP contribution in [0.3, 0.4) is 0 Å². The maximum absolute atomic E-state index is 13.4. The SMILES string of the molecule is C=CCN(C(=O)C(CO)NC(=O)OC(C)(C)C)C(C(=O)NC(C)C)c1cccc(C)c1O. The number of nitrogens with one attached hydrogen (secondary N) is 2. The molecule has 0 bridgehead atoms. The van der Waals surface area contributed by atoms with Crippen molar-refractivity contribution in [1.82, 2.24) is 15.5 Å². The molecule has 0 aliphatic heterocycles. The lowest BCUT2D eigenvalue weighted by molar-refractivity contribution is -0.142. The van der Waals surface area contributed by atoms with Gasteiger partial charge in [-0.15, -0.1) is 6.58 Å². The molecule has 0 radical (unpaired) electrons. The van der Waals surface area contributed by atoms with Gasteiger partial charge in [-0.3, -0.25) is 9.59 Å². The predicted molar refractivity (Wildman–Crippen MR) is 121 cm³/mol. The number of hydrogen-bond donors (Lipinski definition) is 4. The van der Waals surface area contributed by atoms with Crippen molar-refractivity contribution < 1.29 is 29.3 Å². The summed E-state index contributed by atoms with van der Waals surface area (Å²) in [6, 6.07) is 2.07. The third-order valence-corrected chi connectivity index (χ3v) is 4.34. The van der Waals surface area contributed by atoms with Crippen molar-refractivity contribution >= 4 is 17.9 Å².